The Hall–Kier alpha value is -8.14. The van der Waals surface area contributed by atoms with E-state index in [4.69, 9.17) is 18.9 Å². The standard InChI is InChI=1S/C64H78N6O10/c1-7-11-13-15-31-77-61-49-33-45-19-17-21-47(59(45)79-41-43(5)9-3)35-51-39-56(68-64(72)66-54-25-29-58(30-26-54)70(75)76)40-52(62(51)78-32-16-14-12-8-2)36-48-22-18-20-46(60(48)80-42-44(6)10-4)34-50(61)38-55(37-49)67-63(71)65-53-23-27-57(28-24-53)69(73)74/h17-30,37-40,43-44H,7-16,31-36,41-42H2,1-6H3,(H2,65,67,71)(H2,66,68,72)/t43-,44-/m0/s1. The van der Waals surface area contributed by atoms with Crippen LogP contribution in [0.25, 0.3) is 0 Å². The Morgan fingerprint density at radius 2 is 0.750 bits per heavy atom. The van der Waals surface area contributed by atoms with Crippen molar-refractivity contribution < 1.29 is 38.4 Å². The van der Waals surface area contributed by atoms with Crippen LogP contribution >= 0.6 is 0 Å². The van der Waals surface area contributed by atoms with E-state index >= 15 is 0 Å². The predicted molar refractivity (Wildman–Crippen MR) is 318 cm³/mol. The van der Waals surface area contributed by atoms with E-state index in [2.05, 4.69) is 87.1 Å². The molecule has 0 unspecified atom stereocenters. The molecule has 6 aromatic rings. The molecule has 0 spiro atoms. The van der Waals surface area contributed by atoms with E-state index in [1.165, 1.54) is 48.5 Å². The second-order valence-corrected chi connectivity index (χ2v) is 21.0. The van der Waals surface area contributed by atoms with E-state index in [0.717, 1.165) is 132 Å². The van der Waals surface area contributed by atoms with Gasteiger partial charge in [-0.05, 0) is 95.5 Å². The largest absolute Gasteiger partial charge is 0.493 e. The minimum Gasteiger partial charge on any atom is -0.493 e. The van der Waals surface area contributed by atoms with Gasteiger partial charge in [-0.15, -0.1) is 0 Å². The lowest BCUT2D eigenvalue weighted by Crippen LogP contribution is -2.20. The Morgan fingerprint density at radius 3 is 1.05 bits per heavy atom. The topological polar surface area (TPSA) is 205 Å². The normalized spacial score (nSPS) is 12.6. The molecule has 0 saturated heterocycles. The van der Waals surface area contributed by atoms with Crippen molar-refractivity contribution in [2.75, 3.05) is 47.7 Å². The number of carbonyl (C=O) groups is 2. The van der Waals surface area contributed by atoms with E-state index in [1.807, 2.05) is 36.4 Å². The summed E-state index contributed by atoms with van der Waals surface area (Å²) in [6.45, 7) is 14.9. The zero-order chi connectivity index (χ0) is 57.0. The molecule has 1 aliphatic carbocycles. The fraction of sp³-hybridized carbons (Fsp3) is 0.406. The van der Waals surface area contributed by atoms with Crippen molar-refractivity contribution in [1.82, 2.24) is 0 Å². The van der Waals surface area contributed by atoms with Gasteiger partial charge in [-0.2, -0.15) is 0 Å². The molecule has 4 amide bonds. The van der Waals surface area contributed by atoms with Crippen molar-refractivity contribution in [3.8, 4) is 23.0 Å². The molecule has 0 heterocycles. The summed E-state index contributed by atoms with van der Waals surface area (Å²) in [4.78, 5) is 49.6. The van der Waals surface area contributed by atoms with Gasteiger partial charge in [0.15, 0.2) is 0 Å². The molecule has 424 valence electrons. The van der Waals surface area contributed by atoms with Gasteiger partial charge in [-0.3, -0.25) is 20.2 Å². The fourth-order valence-corrected chi connectivity index (χ4v) is 9.59. The highest BCUT2D eigenvalue weighted by Crippen LogP contribution is 2.42. The maximum absolute atomic E-state index is 13.9. The van der Waals surface area contributed by atoms with Crippen LogP contribution in [0.5, 0.6) is 23.0 Å². The van der Waals surface area contributed by atoms with E-state index in [1.54, 1.807) is 0 Å². The SMILES string of the molecule is CCCCCCOc1c2cc(NC(=O)Nc3ccc([N+](=O)[O-])cc3)cc1Cc1cccc(c1OC[C@@H](C)CC)Cc1cc(NC(=O)Nc3ccc([N+](=O)[O-])cc3)cc(c1OCCCCCC)Cc1cccc(c1OC[C@@H](C)CC)C2. The fourth-order valence-electron chi connectivity index (χ4n) is 9.59. The molecule has 8 bridgehead atoms. The van der Waals surface area contributed by atoms with Crippen LogP contribution in [0, 0.1) is 32.1 Å². The minimum atomic E-state index is -0.521. The van der Waals surface area contributed by atoms with Crippen molar-refractivity contribution in [2.45, 2.75) is 131 Å². The zero-order valence-electron chi connectivity index (χ0n) is 47.3. The number of anilines is 4. The van der Waals surface area contributed by atoms with Crippen LogP contribution in [0.1, 0.15) is 150 Å². The number of non-ortho nitro benzene ring substituents is 2. The maximum atomic E-state index is 13.9. The molecule has 80 heavy (non-hydrogen) atoms. The third-order valence-corrected chi connectivity index (χ3v) is 14.5. The lowest BCUT2D eigenvalue weighted by atomic mass is 9.90. The third-order valence-electron chi connectivity index (χ3n) is 14.5. The third kappa shape index (κ3) is 16.9. The summed E-state index contributed by atoms with van der Waals surface area (Å²) in [5, 5.41) is 34.7. The summed E-state index contributed by atoms with van der Waals surface area (Å²) >= 11 is 0. The zero-order valence-corrected chi connectivity index (χ0v) is 47.3. The first-order valence-corrected chi connectivity index (χ1v) is 28.4. The van der Waals surface area contributed by atoms with Crippen LogP contribution < -0.4 is 40.2 Å². The number of nitro benzene ring substituents is 2. The maximum Gasteiger partial charge on any atom is 0.323 e. The van der Waals surface area contributed by atoms with Gasteiger partial charge in [0.2, 0.25) is 0 Å². The molecule has 7 rings (SSSR count). The summed E-state index contributed by atoms with van der Waals surface area (Å²) < 4.78 is 27.9. The van der Waals surface area contributed by atoms with Crippen molar-refractivity contribution in [2.24, 2.45) is 11.8 Å². The second kappa shape index (κ2) is 29.7. The number of hydrogen-bond acceptors (Lipinski definition) is 10. The van der Waals surface area contributed by atoms with Gasteiger partial charge >= 0.3 is 12.1 Å². The molecular weight excluding hydrogens is 1010 g/mol. The summed E-state index contributed by atoms with van der Waals surface area (Å²) in [6, 6.07) is 30.5. The molecule has 16 heteroatoms. The first-order chi connectivity index (χ1) is 38.7. The highest BCUT2D eigenvalue weighted by molar-refractivity contribution is 6.01. The smallest absolute Gasteiger partial charge is 0.323 e. The molecule has 0 aliphatic heterocycles. The molecule has 0 saturated carbocycles. The summed E-state index contributed by atoms with van der Waals surface area (Å²) in [6.07, 6.45) is 11.4. The first-order valence-electron chi connectivity index (χ1n) is 28.4. The lowest BCUT2D eigenvalue weighted by Gasteiger charge is -2.25. The molecule has 0 fully saturated rings. The van der Waals surface area contributed by atoms with Crippen LogP contribution in [-0.2, 0) is 25.7 Å². The number of ether oxygens (including phenoxy) is 4. The van der Waals surface area contributed by atoms with E-state index in [0.29, 0.717) is 74.9 Å². The van der Waals surface area contributed by atoms with Crippen LogP contribution in [0.4, 0.5) is 43.7 Å². The number of amides is 4. The number of nitro groups is 2. The van der Waals surface area contributed by atoms with Gasteiger partial charge in [0, 0.05) is 95.0 Å². The number of para-hydroxylation sites is 2. The van der Waals surface area contributed by atoms with E-state index < -0.39 is 21.9 Å². The van der Waals surface area contributed by atoms with Gasteiger partial charge < -0.3 is 40.2 Å². The molecule has 0 radical (unpaired) electrons. The Bertz CT molecular complexity index is 2760. The highest BCUT2D eigenvalue weighted by Gasteiger charge is 2.25. The molecule has 4 N–H and O–H groups in total. The Kier molecular flexibility index (Phi) is 22.1. The number of rotatable bonds is 26. The predicted octanol–water partition coefficient (Wildman–Crippen LogP) is 16.2. The van der Waals surface area contributed by atoms with Crippen molar-refractivity contribution in [3.63, 3.8) is 0 Å². The number of benzene rings is 6. The summed E-state index contributed by atoms with van der Waals surface area (Å²) in [5.74, 6) is 3.37. The molecule has 16 nitrogen and oxygen atoms in total. The Labute approximate surface area is 470 Å². The Morgan fingerprint density at radius 1 is 0.438 bits per heavy atom. The lowest BCUT2D eigenvalue weighted by molar-refractivity contribution is -0.385. The van der Waals surface area contributed by atoms with Crippen LogP contribution in [0.2, 0.25) is 0 Å². The van der Waals surface area contributed by atoms with Gasteiger partial charge in [0.05, 0.1) is 36.3 Å². The highest BCUT2D eigenvalue weighted by atomic mass is 16.6. The number of nitrogens with one attached hydrogen (secondary N) is 4. The minimum absolute atomic E-state index is 0.0843. The average Bonchev–Trinajstić information content (AvgIpc) is 3.50. The Balaban J connectivity index is 1.43. The summed E-state index contributed by atoms with van der Waals surface area (Å²) in [7, 11) is 0. The number of nitrogens with zero attached hydrogens (tertiary/aromatic N) is 2. The van der Waals surface area contributed by atoms with Crippen LogP contribution in [0.15, 0.2) is 109 Å². The first kappa shape index (κ1) is 59.5. The number of hydrogen-bond donors (Lipinski definition) is 4. The van der Waals surface area contributed by atoms with E-state index in [9.17, 15) is 29.8 Å². The van der Waals surface area contributed by atoms with Gasteiger partial charge in [-0.1, -0.05) is 129 Å². The van der Waals surface area contributed by atoms with Crippen molar-refractivity contribution >= 4 is 46.2 Å². The summed E-state index contributed by atoms with van der Waals surface area (Å²) in [5.41, 5.74) is 8.65. The van der Waals surface area contributed by atoms with Crippen molar-refractivity contribution in [3.05, 3.63) is 174 Å². The quantitative estimate of drug-likeness (QED) is 0.0229. The number of fused-ring (bicyclic) bond motifs is 8. The van der Waals surface area contributed by atoms with Crippen molar-refractivity contribution in [1.29, 1.82) is 0 Å². The number of carbonyl (C=O) groups excluding carboxylic acids is 2. The average molecular weight is 1090 g/mol. The van der Waals surface area contributed by atoms with Gasteiger partial charge in [0.25, 0.3) is 11.4 Å². The molecule has 2 atom stereocenters. The van der Waals surface area contributed by atoms with Gasteiger partial charge in [-0.25, -0.2) is 9.59 Å². The molecule has 0 aromatic heterocycles. The van der Waals surface area contributed by atoms with Crippen LogP contribution in [0.3, 0.4) is 0 Å². The molecule has 1 aliphatic rings. The molecule has 6 aromatic carbocycles. The number of unbranched alkanes of at least 4 members (excludes halogenated alkanes) is 6. The van der Waals surface area contributed by atoms with Gasteiger partial charge in [0.1, 0.15) is 23.0 Å². The van der Waals surface area contributed by atoms with E-state index in [-0.39, 0.29) is 23.2 Å². The van der Waals surface area contributed by atoms with Crippen LogP contribution in [-0.4, -0.2) is 48.3 Å². The monoisotopic (exact) mass is 1090 g/mol. The number of urea groups is 2. The second-order valence-electron chi connectivity index (χ2n) is 21.0. The molecular formula is C64H78N6O10.